The Morgan fingerprint density at radius 2 is 1.95 bits per heavy atom. The lowest BCUT2D eigenvalue weighted by Gasteiger charge is -2.35. The Morgan fingerprint density at radius 3 is 2.55 bits per heavy atom. The normalized spacial score (nSPS) is 15.2. The molecule has 6 nitrogen and oxygen atoms in total. The molecule has 1 N–H and O–H groups in total. The van der Waals surface area contributed by atoms with Gasteiger partial charge in [0, 0.05) is 38.1 Å². The lowest BCUT2D eigenvalue weighted by Crippen LogP contribution is -2.49. The number of carbonyl (C=O) groups excluding carboxylic acids is 1. The zero-order valence-corrected chi connectivity index (χ0v) is 13.5. The molecule has 1 saturated heterocycles. The lowest BCUT2D eigenvalue weighted by molar-refractivity contribution is 0.0740. The van der Waals surface area contributed by atoms with E-state index in [1.807, 2.05) is 6.92 Å². The van der Waals surface area contributed by atoms with Crippen molar-refractivity contribution in [2.75, 3.05) is 31.1 Å². The molecular formula is C14H15Cl2N5O. The summed E-state index contributed by atoms with van der Waals surface area (Å²) in [5, 5.41) is 7.84. The molecule has 0 bridgehead atoms. The maximum Gasteiger partial charge on any atom is 0.274 e. The molecule has 1 fully saturated rings. The highest BCUT2D eigenvalue weighted by atomic mass is 35.5. The minimum atomic E-state index is -0.0563. The van der Waals surface area contributed by atoms with E-state index >= 15 is 0 Å². The van der Waals surface area contributed by atoms with Crippen LogP contribution in [-0.2, 0) is 0 Å². The van der Waals surface area contributed by atoms with Crippen LogP contribution >= 0.6 is 23.2 Å². The second-order valence-electron chi connectivity index (χ2n) is 5.17. The van der Waals surface area contributed by atoms with E-state index in [9.17, 15) is 4.79 Å². The van der Waals surface area contributed by atoms with Crippen molar-refractivity contribution < 1.29 is 4.79 Å². The molecule has 22 heavy (non-hydrogen) atoms. The molecular weight excluding hydrogens is 325 g/mol. The summed E-state index contributed by atoms with van der Waals surface area (Å²) < 4.78 is 0. The van der Waals surface area contributed by atoms with Gasteiger partial charge < -0.3 is 9.80 Å². The second kappa shape index (κ2) is 6.14. The van der Waals surface area contributed by atoms with E-state index in [4.69, 9.17) is 23.2 Å². The third-order valence-electron chi connectivity index (χ3n) is 3.58. The van der Waals surface area contributed by atoms with Gasteiger partial charge in [-0.15, -0.1) is 0 Å². The topological polar surface area (TPSA) is 65.1 Å². The Bertz CT molecular complexity index is 694. The van der Waals surface area contributed by atoms with Crippen LogP contribution in [-0.4, -0.2) is 52.2 Å². The van der Waals surface area contributed by atoms with Crippen molar-refractivity contribution in [2.45, 2.75) is 6.92 Å². The monoisotopic (exact) mass is 339 g/mol. The van der Waals surface area contributed by atoms with Crippen LogP contribution in [0.3, 0.4) is 0 Å². The second-order valence-corrected chi connectivity index (χ2v) is 6.02. The van der Waals surface area contributed by atoms with Crippen molar-refractivity contribution in [2.24, 2.45) is 0 Å². The summed E-state index contributed by atoms with van der Waals surface area (Å²) in [6.07, 6.45) is 1.58. The number of aromatic nitrogens is 3. The first-order valence-electron chi connectivity index (χ1n) is 6.92. The van der Waals surface area contributed by atoms with Crippen LogP contribution in [0.15, 0.2) is 18.3 Å². The number of nitrogens with one attached hydrogen (secondary N) is 1. The molecule has 0 aliphatic carbocycles. The van der Waals surface area contributed by atoms with Crippen molar-refractivity contribution >= 4 is 34.9 Å². The molecule has 0 unspecified atom stereocenters. The fourth-order valence-electron chi connectivity index (χ4n) is 2.45. The standard InChI is InChI=1S/C14H15Cl2N5O/c1-9-6-12(19-18-9)14(22)21-4-2-20(3-5-21)13-11(16)7-10(15)8-17-13/h6-8H,2-5H2,1H3,(H,18,19). The quantitative estimate of drug-likeness (QED) is 0.912. The van der Waals surface area contributed by atoms with Gasteiger partial charge in [0.25, 0.3) is 5.91 Å². The van der Waals surface area contributed by atoms with Crippen LogP contribution in [0.25, 0.3) is 0 Å². The number of nitrogens with zero attached hydrogens (tertiary/aromatic N) is 4. The molecule has 0 saturated carbocycles. The Labute approximate surface area is 138 Å². The molecule has 0 radical (unpaired) electrons. The zero-order valence-electron chi connectivity index (χ0n) is 12.0. The highest BCUT2D eigenvalue weighted by molar-refractivity contribution is 6.36. The number of amides is 1. The Hall–Kier alpha value is -1.79. The summed E-state index contributed by atoms with van der Waals surface area (Å²) in [4.78, 5) is 20.4. The number of H-pyrrole nitrogens is 1. The number of carbonyl (C=O) groups is 1. The van der Waals surface area contributed by atoms with Crippen molar-refractivity contribution in [1.82, 2.24) is 20.1 Å². The average molecular weight is 340 g/mol. The van der Waals surface area contributed by atoms with E-state index in [-0.39, 0.29) is 5.91 Å². The molecule has 1 aliphatic heterocycles. The van der Waals surface area contributed by atoms with Gasteiger partial charge in [-0.1, -0.05) is 23.2 Å². The summed E-state index contributed by atoms with van der Waals surface area (Å²) in [6, 6.07) is 3.43. The summed E-state index contributed by atoms with van der Waals surface area (Å²) >= 11 is 12.0. The number of aryl methyl sites for hydroxylation is 1. The third-order valence-corrected chi connectivity index (χ3v) is 4.06. The zero-order chi connectivity index (χ0) is 15.7. The molecule has 0 aromatic carbocycles. The van der Waals surface area contributed by atoms with Crippen LogP contribution < -0.4 is 4.90 Å². The van der Waals surface area contributed by atoms with E-state index in [1.165, 1.54) is 0 Å². The van der Waals surface area contributed by atoms with Crippen molar-refractivity contribution in [3.63, 3.8) is 0 Å². The number of piperazine rings is 1. The van der Waals surface area contributed by atoms with Gasteiger partial charge in [0.1, 0.15) is 11.5 Å². The van der Waals surface area contributed by atoms with Gasteiger partial charge in [0.2, 0.25) is 0 Å². The summed E-state index contributed by atoms with van der Waals surface area (Å²) in [5.74, 6) is 0.646. The van der Waals surface area contributed by atoms with Gasteiger partial charge in [0.05, 0.1) is 10.0 Å². The molecule has 3 rings (SSSR count). The fourth-order valence-corrected chi connectivity index (χ4v) is 2.95. The van der Waals surface area contributed by atoms with Crippen LogP contribution in [0.1, 0.15) is 16.2 Å². The number of halogens is 2. The minimum absolute atomic E-state index is 0.0563. The lowest BCUT2D eigenvalue weighted by atomic mass is 10.2. The van der Waals surface area contributed by atoms with E-state index < -0.39 is 0 Å². The highest BCUT2D eigenvalue weighted by Crippen LogP contribution is 2.26. The van der Waals surface area contributed by atoms with Gasteiger partial charge in [-0.25, -0.2) is 4.98 Å². The summed E-state index contributed by atoms with van der Waals surface area (Å²) in [5.41, 5.74) is 1.33. The Balaban J connectivity index is 1.66. The average Bonchev–Trinajstić information content (AvgIpc) is 2.93. The summed E-state index contributed by atoms with van der Waals surface area (Å²) in [6.45, 7) is 4.42. The SMILES string of the molecule is Cc1cc(C(=O)N2CCN(c3ncc(Cl)cc3Cl)CC2)n[nH]1. The van der Waals surface area contributed by atoms with E-state index in [0.717, 1.165) is 5.69 Å². The van der Waals surface area contributed by atoms with Crippen LogP contribution in [0.2, 0.25) is 10.0 Å². The molecule has 2 aromatic heterocycles. The first-order chi connectivity index (χ1) is 10.5. The van der Waals surface area contributed by atoms with E-state index in [0.29, 0.717) is 47.7 Å². The van der Waals surface area contributed by atoms with Crippen molar-refractivity contribution in [1.29, 1.82) is 0 Å². The number of hydrogen-bond acceptors (Lipinski definition) is 4. The molecule has 0 atom stereocenters. The molecule has 1 aliphatic rings. The third kappa shape index (κ3) is 3.03. The van der Waals surface area contributed by atoms with Gasteiger partial charge >= 0.3 is 0 Å². The first-order valence-corrected chi connectivity index (χ1v) is 7.67. The predicted molar refractivity (Wildman–Crippen MR) is 85.7 cm³/mol. The van der Waals surface area contributed by atoms with Crippen LogP contribution in [0, 0.1) is 6.92 Å². The van der Waals surface area contributed by atoms with E-state index in [1.54, 1.807) is 23.2 Å². The Kier molecular flexibility index (Phi) is 4.22. The van der Waals surface area contributed by atoms with E-state index in [2.05, 4.69) is 20.1 Å². The maximum atomic E-state index is 12.3. The first kappa shape index (κ1) is 15.1. The van der Waals surface area contributed by atoms with Gasteiger partial charge in [-0.05, 0) is 19.1 Å². The largest absolute Gasteiger partial charge is 0.352 e. The molecule has 0 spiro atoms. The predicted octanol–water partition coefficient (Wildman–Crippen LogP) is 2.38. The molecule has 3 heterocycles. The molecule has 8 heteroatoms. The smallest absolute Gasteiger partial charge is 0.274 e. The molecule has 116 valence electrons. The number of anilines is 1. The highest BCUT2D eigenvalue weighted by Gasteiger charge is 2.25. The molecule has 2 aromatic rings. The number of hydrogen-bond donors (Lipinski definition) is 1. The fraction of sp³-hybridized carbons (Fsp3) is 0.357. The van der Waals surface area contributed by atoms with Crippen LogP contribution in [0.4, 0.5) is 5.82 Å². The van der Waals surface area contributed by atoms with Crippen molar-refractivity contribution in [3.8, 4) is 0 Å². The number of aromatic amines is 1. The maximum absolute atomic E-state index is 12.3. The van der Waals surface area contributed by atoms with Gasteiger partial charge in [-0.3, -0.25) is 9.89 Å². The Morgan fingerprint density at radius 1 is 1.23 bits per heavy atom. The van der Waals surface area contributed by atoms with Gasteiger partial charge in [-0.2, -0.15) is 5.10 Å². The number of rotatable bonds is 2. The van der Waals surface area contributed by atoms with Crippen molar-refractivity contribution in [3.05, 3.63) is 39.8 Å². The van der Waals surface area contributed by atoms with Gasteiger partial charge in [0.15, 0.2) is 0 Å². The number of pyridine rings is 1. The molecule has 1 amide bonds. The van der Waals surface area contributed by atoms with Crippen LogP contribution in [0.5, 0.6) is 0 Å². The summed E-state index contributed by atoms with van der Waals surface area (Å²) in [7, 11) is 0. The minimum Gasteiger partial charge on any atom is -0.352 e.